The number of hydrogen-bond donors (Lipinski definition) is 4. The maximum Gasteiger partial charge on any atom is 0.336 e. The van der Waals surface area contributed by atoms with Crippen molar-refractivity contribution in [2.45, 2.75) is 76.9 Å². The quantitative estimate of drug-likeness (QED) is 0.328. The first kappa shape index (κ1) is 25.9. The van der Waals surface area contributed by atoms with Gasteiger partial charge in [-0.15, -0.1) is 0 Å². The Morgan fingerprint density at radius 2 is 1.69 bits per heavy atom. The summed E-state index contributed by atoms with van der Waals surface area (Å²) in [5.41, 5.74) is 2.24. The van der Waals surface area contributed by atoms with Gasteiger partial charge in [0.1, 0.15) is 0 Å². The summed E-state index contributed by atoms with van der Waals surface area (Å²) in [6, 6.07) is 5.90. The van der Waals surface area contributed by atoms with Crippen LogP contribution < -0.4 is 0 Å². The minimum atomic E-state index is -2.45. The van der Waals surface area contributed by atoms with Crippen LogP contribution in [0.2, 0.25) is 5.02 Å². The van der Waals surface area contributed by atoms with E-state index in [2.05, 4.69) is 30.8 Å². The van der Waals surface area contributed by atoms with Gasteiger partial charge < -0.3 is 25.0 Å². The molecule has 4 N–H and O–H groups in total. The highest BCUT2D eigenvalue weighted by atomic mass is 35.5. The maximum absolute atomic E-state index is 11.2. The normalized spacial score (nSPS) is 14.2. The molecule has 0 bridgehead atoms. The summed E-state index contributed by atoms with van der Waals surface area (Å²) in [6.07, 6.45) is 6.23. The molecule has 0 unspecified atom stereocenters. The van der Waals surface area contributed by atoms with Gasteiger partial charge in [-0.1, -0.05) is 36.9 Å². The lowest BCUT2D eigenvalue weighted by atomic mass is 9.90. The van der Waals surface area contributed by atoms with Gasteiger partial charge in [-0.25, -0.2) is 4.79 Å². The molecular weight excluding hydrogens is 434 g/mol. The molecule has 32 heavy (non-hydrogen) atoms. The van der Waals surface area contributed by atoms with Crippen LogP contribution >= 0.6 is 11.6 Å². The van der Waals surface area contributed by atoms with Crippen molar-refractivity contribution in [3.8, 4) is 5.69 Å². The van der Waals surface area contributed by atoms with Crippen molar-refractivity contribution in [2.24, 2.45) is 0 Å². The molecule has 2 atom stereocenters. The Bertz CT molecular complexity index is 921. The van der Waals surface area contributed by atoms with E-state index in [1.54, 1.807) is 0 Å². The Morgan fingerprint density at radius 3 is 2.28 bits per heavy atom. The number of aromatic nitrogens is 1. The molecule has 0 fully saturated rings. The summed E-state index contributed by atoms with van der Waals surface area (Å²) in [4.78, 5) is 22.0. The van der Waals surface area contributed by atoms with Crippen LogP contribution in [0.5, 0.6) is 0 Å². The third-order valence-electron chi connectivity index (χ3n) is 5.76. The van der Waals surface area contributed by atoms with Crippen molar-refractivity contribution >= 4 is 23.5 Å². The van der Waals surface area contributed by atoms with Gasteiger partial charge in [0.25, 0.3) is 0 Å². The molecule has 0 amide bonds. The molecule has 1 aromatic carbocycles. The molecular formula is C24H32ClNO6. The smallest absolute Gasteiger partial charge is 0.336 e. The Kier molecular flexibility index (Phi) is 9.31. The lowest BCUT2D eigenvalue weighted by molar-refractivity contribution is -0.168. The predicted molar refractivity (Wildman–Crippen MR) is 123 cm³/mol. The highest BCUT2D eigenvalue weighted by molar-refractivity contribution is 6.30. The SMILES string of the molecule is Cc1cn(-c2cc(Cl)ccc2CCCCCC[C@@H](O)C[C@](O)(CC(=O)O)C(=O)O)cc1C. The number of aliphatic hydroxyl groups excluding tert-OH is 1. The number of aryl methyl sites for hydroxylation is 3. The van der Waals surface area contributed by atoms with E-state index in [4.69, 9.17) is 21.8 Å². The van der Waals surface area contributed by atoms with Crippen molar-refractivity contribution in [3.63, 3.8) is 0 Å². The first-order valence-electron chi connectivity index (χ1n) is 10.8. The molecule has 2 rings (SSSR count). The van der Waals surface area contributed by atoms with E-state index in [0.29, 0.717) is 17.9 Å². The number of halogens is 1. The summed E-state index contributed by atoms with van der Waals surface area (Å²) >= 11 is 6.21. The van der Waals surface area contributed by atoms with Crippen LogP contribution in [-0.2, 0) is 16.0 Å². The van der Waals surface area contributed by atoms with Crippen molar-refractivity contribution in [1.82, 2.24) is 4.57 Å². The Balaban J connectivity index is 1.81. The standard InChI is InChI=1S/C24H32ClNO6/c1-16-14-26(15-17(16)2)21-11-19(25)10-9-18(21)7-5-3-4-6-8-20(27)12-24(32,23(30)31)13-22(28)29/h9-11,14-15,20,27,32H,3-8,12-13H2,1-2H3,(H,28,29)(H,30,31)/t20-,24+/m1/s1. The van der Waals surface area contributed by atoms with E-state index in [-0.39, 0.29) is 0 Å². The Labute approximate surface area is 193 Å². The summed E-state index contributed by atoms with van der Waals surface area (Å²) in [6.45, 7) is 4.15. The van der Waals surface area contributed by atoms with Gasteiger partial charge in [0.2, 0.25) is 0 Å². The molecule has 1 aromatic heterocycles. The summed E-state index contributed by atoms with van der Waals surface area (Å²) in [5, 5.41) is 38.6. The predicted octanol–water partition coefficient (Wildman–Crippen LogP) is 4.28. The van der Waals surface area contributed by atoms with Crippen molar-refractivity contribution in [3.05, 3.63) is 52.3 Å². The molecule has 0 spiro atoms. The van der Waals surface area contributed by atoms with E-state index in [1.807, 2.05) is 18.2 Å². The average molecular weight is 466 g/mol. The third kappa shape index (κ3) is 7.36. The minimum absolute atomic E-state index is 0.309. The molecule has 176 valence electrons. The summed E-state index contributed by atoms with van der Waals surface area (Å²) < 4.78 is 2.10. The number of unbranched alkanes of at least 4 members (excludes halogenated alkanes) is 3. The maximum atomic E-state index is 11.2. The van der Waals surface area contributed by atoms with Gasteiger partial charge >= 0.3 is 11.9 Å². The molecule has 0 aliphatic rings. The van der Waals surface area contributed by atoms with Crippen molar-refractivity contribution in [1.29, 1.82) is 0 Å². The van der Waals surface area contributed by atoms with Crippen LogP contribution in [0.4, 0.5) is 0 Å². The van der Waals surface area contributed by atoms with Crippen LogP contribution in [0.1, 0.15) is 61.6 Å². The van der Waals surface area contributed by atoms with E-state index in [9.17, 15) is 19.8 Å². The minimum Gasteiger partial charge on any atom is -0.481 e. The fourth-order valence-electron chi connectivity index (χ4n) is 3.81. The van der Waals surface area contributed by atoms with Gasteiger partial charge in [-0.3, -0.25) is 4.79 Å². The van der Waals surface area contributed by atoms with E-state index in [0.717, 1.165) is 31.4 Å². The first-order valence-corrected chi connectivity index (χ1v) is 11.2. The van der Waals surface area contributed by atoms with Crippen LogP contribution in [0.3, 0.4) is 0 Å². The Hall–Kier alpha value is -2.35. The van der Waals surface area contributed by atoms with Gasteiger partial charge in [0.05, 0.1) is 12.5 Å². The number of aliphatic carboxylic acids is 2. The number of benzene rings is 1. The fraction of sp³-hybridized carbons (Fsp3) is 0.500. The zero-order chi connectivity index (χ0) is 23.9. The first-order chi connectivity index (χ1) is 15.0. The highest BCUT2D eigenvalue weighted by Crippen LogP contribution is 2.25. The number of carboxylic acids is 2. The number of nitrogens with zero attached hydrogens (tertiary/aromatic N) is 1. The highest BCUT2D eigenvalue weighted by Gasteiger charge is 2.40. The molecule has 0 aliphatic carbocycles. The number of hydrogen-bond acceptors (Lipinski definition) is 4. The zero-order valence-electron chi connectivity index (χ0n) is 18.6. The van der Waals surface area contributed by atoms with Crippen LogP contribution in [-0.4, -0.2) is 48.6 Å². The number of rotatable bonds is 13. The van der Waals surface area contributed by atoms with E-state index < -0.39 is 36.5 Å². The van der Waals surface area contributed by atoms with Crippen LogP contribution in [0.25, 0.3) is 5.69 Å². The van der Waals surface area contributed by atoms with Gasteiger partial charge in [-0.2, -0.15) is 0 Å². The van der Waals surface area contributed by atoms with Crippen molar-refractivity contribution < 1.29 is 30.0 Å². The van der Waals surface area contributed by atoms with Gasteiger partial charge in [-0.05, 0) is 61.9 Å². The van der Waals surface area contributed by atoms with Crippen molar-refractivity contribution in [2.75, 3.05) is 0 Å². The molecule has 1 heterocycles. The number of carbonyl (C=O) groups is 2. The summed E-state index contributed by atoms with van der Waals surface area (Å²) in [5.74, 6) is -3.06. The number of carboxylic acid groups (broad SMARTS) is 2. The lowest BCUT2D eigenvalue weighted by Crippen LogP contribution is -2.43. The molecule has 8 heteroatoms. The second-order valence-electron chi connectivity index (χ2n) is 8.52. The zero-order valence-corrected chi connectivity index (χ0v) is 19.3. The second-order valence-corrected chi connectivity index (χ2v) is 8.96. The van der Waals surface area contributed by atoms with Crippen LogP contribution in [0.15, 0.2) is 30.6 Å². The number of aliphatic hydroxyl groups is 2. The van der Waals surface area contributed by atoms with E-state index >= 15 is 0 Å². The molecule has 0 aliphatic heterocycles. The summed E-state index contributed by atoms with van der Waals surface area (Å²) in [7, 11) is 0. The molecule has 0 saturated carbocycles. The van der Waals surface area contributed by atoms with Gasteiger partial charge in [0.15, 0.2) is 5.60 Å². The Morgan fingerprint density at radius 1 is 1.06 bits per heavy atom. The second kappa shape index (κ2) is 11.5. The lowest BCUT2D eigenvalue weighted by Gasteiger charge is -2.24. The largest absolute Gasteiger partial charge is 0.481 e. The third-order valence-corrected chi connectivity index (χ3v) is 6.00. The average Bonchev–Trinajstić information content (AvgIpc) is 3.03. The monoisotopic (exact) mass is 465 g/mol. The molecule has 7 nitrogen and oxygen atoms in total. The topological polar surface area (TPSA) is 120 Å². The van der Waals surface area contributed by atoms with E-state index in [1.165, 1.54) is 16.7 Å². The molecule has 2 aromatic rings. The molecule has 0 radical (unpaired) electrons. The molecule has 0 saturated heterocycles. The van der Waals surface area contributed by atoms with Gasteiger partial charge in [0, 0.05) is 29.5 Å². The fourth-order valence-corrected chi connectivity index (χ4v) is 3.98. The van der Waals surface area contributed by atoms with Crippen LogP contribution in [0, 0.1) is 13.8 Å².